The highest BCUT2D eigenvalue weighted by molar-refractivity contribution is 5.13. The molecule has 0 amide bonds. The molecule has 0 aliphatic rings. The summed E-state index contributed by atoms with van der Waals surface area (Å²) in [7, 11) is 0. The maximum Gasteiger partial charge on any atom is 0.0302 e. The monoisotopic (exact) mass is 242 g/mol. The largest absolute Gasteiger partial charge is 0.265 e. The molecule has 2 nitrogen and oxygen atoms in total. The number of nitrogens with zero attached hydrogens (tertiary/aromatic N) is 2. The van der Waals surface area contributed by atoms with Crippen molar-refractivity contribution in [2.24, 2.45) is 0 Å². The van der Waals surface area contributed by atoms with Crippen LogP contribution >= 0.6 is 0 Å². The van der Waals surface area contributed by atoms with Crippen molar-refractivity contribution >= 4 is 0 Å². The average Bonchev–Trinajstić information content (AvgIpc) is 2.41. The minimum Gasteiger partial charge on any atom is -0.265 e. The summed E-state index contributed by atoms with van der Waals surface area (Å²) < 4.78 is 0. The second-order valence-electron chi connectivity index (χ2n) is 4.88. The van der Waals surface area contributed by atoms with Crippen LogP contribution in [0.3, 0.4) is 0 Å². The van der Waals surface area contributed by atoms with Crippen molar-refractivity contribution in [2.75, 3.05) is 0 Å². The second kappa shape index (κ2) is 7.59. The molecule has 2 aromatic rings. The number of hydrogen-bond donors (Lipinski definition) is 0. The first-order chi connectivity index (χ1) is 8.61. The molecule has 0 saturated carbocycles. The zero-order valence-electron chi connectivity index (χ0n) is 11.7. The van der Waals surface area contributed by atoms with Gasteiger partial charge in [-0.15, -0.1) is 0 Å². The third-order valence-corrected chi connectivity index (χ3v) is 2.72. The van der Waals surface area contributed by atoms with Crippen LogP contribution in [0, 0.1) is 0 Å². The van der Waals surface area contributed by atoms with Crippen LogP contribution in [0.25, 0.3) is 0 Å². The Bertz CT molecular complexity index is 378. The predicted molar refractivity (Wildman–Crippen MR) is 76.7 cm³/mol. The molecule has 0 radical (unpaired) electrons. The molecule has 0 unspecified atom stereocenters. The lowest BCUT2D eigenvalue weighted by Crippen LogP contribution is -1.85. The van der Waals surface area contributed by atoms with E-state index in [9.17, 15) is 0 Å². The van der Waals surface area contributed by atoms with Gasteiger partial charge in [0.25, 0.3) is 0 Å². The minimum atomic E-state index is 0.596. The average molecular weight is 242 g/mol. The fourth-order valence-corrected chi connectivity index (χ4v) is 1.47. The lowest BCUT2D eigenvalue weighted by atomic mass is 10.1. The van der Waals surface area contributed by atoms with Crippen molar-refractivity contribution in [2.45, 2.75) is 39.5 Å². The summed E-state index contributed by atoms with van der Waals surface area (Å²) in [6, 6.07) is 8.16. The van der Waals surface area contributed by atoms with E-state index in [1.807, 2.05) is 36.8 Å². The van der Waals surface area contributed by atoms with Crippen LogP contribution in [0.15, 0.2) is 49.1 Å². The molecular formula is C16H22N2. The molecule has 96 valence electrons. The summed E-state index contributed by atoms with van der Waals surface area (Å²) in [6.45, 7) is 8.68. The van der Waals surface area contributed by atoms with Gasteiger partial charge in [0.1, 0.15) is 0 Å². The van der Waals surface area contributed by atoms with Crippen LogP contribution in [0.4, 0.5) is 0 Å². The topological polar surface area (TPSA) is 25.8 Å². The van der Waals surface area contributed by atoms with Crippen molar-refractivity contribution in [3.8, 4) is 0 Å². The van der Waals surface area contributed by atoms with Crippen molar-refractivity contribution < 1.29 is 0 Å². The van der Waals surface area contributed by atoms with Gasteiger partial charge in [-0.1, -0.05) is 33.8 Å². The fraction of sp³-hybridized carbons (Fsp3) is 0.375. The molecular weight excluding hydrogens is 220 g/mol. The quantitative estimate of drug-likeness (QED) is 0.779. The Kier molecular flexibility index (Phi) is 6.06. The molecule has 0 bridgehead atoms. The number of pyridine rings is 2. The molecule has 0 saturated heterocycles. The summed E-state index contributed by atoms with van der Waals surface area (Å²) in [5, 5.41) is 0. The predicted octanol–water partition coefficient (Wildman–Crippen LogP) is 4.41. The highest BCUT2D eigenvalue weighted by atomic mass is 14.6. The number of aromatic nitrogens is 2. The maximum absolute atomic E-state index is 4.01. The van der Waals surface area contributed by atoms with Gasteiger partial charge in [-0.05, 0) is 41.2 Å². The Labute approximate surface area is 110 Å². The molecule has 0 aliphatic heterocycles. The first-order valence-electron chi connectivity index (χ1n) is 6.41. The van der Waals surface area contributed by atoms with Gasteiger partial charge in [-0.3, -0.25) is 9.97 Å². The van der Waals surface area contributed by atoms with E-state index in [0.717, 1.165) is 0 Å². The van der Waals surface area contributed by atoms with Crippen LogP contribution < -0.4 is 0 Å². The van der Waals surface area contributed by atoms with Crippen molar-refractivity contribution in [3.05, 3.63) is 60.2 Å². The fourth-order valence-electron chi connectivity index (χ4n) is 1.47. The Morgan fingerprint density at radius 3 is 1.67 bits per heavy atom. The van der Waals surface area contributed by atoms with E-state index in [0.29, 0.717) is 11.8 Å². The molecule has 0 spiro atoms. The summed E-state index contributed by atoms with van der Waals surface area (Å²) in [5.74, 6) is 1.21. The molecule has 2 heterocycles. The van der Waals surface area contributed by atoms with E-state index in [-0.39, 0.29) is 0 Å². The Hall–Kier alpha value is -1.70. The third kappa shape index (κ3) is 5.09. The van der Waals surface area contributed by atoms with Gasteiger partial charge >= 0.3 is 0 Å². The van der Waals surface area contributed by atoms with Gasteiger partial charge in [0.15, 0.2) is 0 Å². The first-order valence-corrected chi connectivity index (χ1v) is 6.41. The third-order valence-electron chi connectivity index (χ3n) is 2.72. The van der Waals surface area contributed by atoms with E-state index in [2.05, 4.69) is 43.7 Å². The standard InChI is InChI=1S/2C8H11N/c1-7(2)8-3-5-9-6-4-8;1-7(2)8-4-3-5-9-6-8/h2*3-7H,1-2H3. The van der Waals surface area contributed by atoms with Gasteiger partial charge in [0.05, 0.1) is 0 Å². The van der Waals surface area contributed by atoms with Crippen LogP contribution in [0.2, 0.25) is 0 Å². The molecule has 0 aliphatic carbocycles. The SMILES string of the molecule is CC(C)c1cccnc1.CC(C)c1ccncc1. The van der Waals surface area contributed by atoms with Crippen LogP contribution in [-0.2, 0) is 0 Å². The minimum absolute atomic E-state index is 0.596. The van der Waals surface area contributed by atoms with Gasteiger partial charge in [-0.2, -0.15) is 0 Å². The highest BCUT2D eigenvalue weighted by Crippen LogP contribution is 2.11. The zero-order valence-corrected chi connectivity index (χ0v) is 11.7. The molecule has 2 heteroatoms. The van der Waals surface area contributed by atoms with Gasteiger partial charge in [-0.25, -0.2) is 0 Å². The summed E-state index contributed by atoms with van der Waals surface area (Å²) in [6.07, 6.45) is 7.36. The van der Waals surface area contributed by atoms with Gasteiger partial charge in [0.2, 0.25) is 0 Å². The normalized spacial score (nSPS) is 10.1. The van der Waals surface area contributed by atoms with Crippen LogP contribution in [0.1, 0.15) is 50.7 Å². The van der Waals surface area contributed by atoms with Crippen molar-refractivity contribution in [1.29, 1.82) is 0 Å². The summed E-state index contributed by atoms with van der Waals surface area (Å²) >= 11 is 0. The van der Waals surface area contributed by atoms with Crippen LogP contribution in [0.5, 0.6) is 0 Å². The van der Waals surface area contributed by atoms with Crippen molar-refractivity contribution in [3.63, 3.8) is 0 Å². The molecule has 0 fully saturated rings. The number of rotatable bonds is 2. The van der Waals surface area contributed by atoms with Crippen molar-refractivity contribution in [1.82, 2.24) is 9.97 Å². The van der Waals surface area contributed by atoms with Gasteiger partial charge in [0, 0.05) is 24.8 Å². The Morgan fingerprint density at radius 2 is 1.33 bits per heavy atom. The molecule has 0 N–H and O–H groups in total. The summed E-state index contributed by atoms with van der Waals surface area (Å²) in [4.78, 5) is 7.93. The van der Waals surface area contributed by atoms with E-state index < -0.39 is 0 Å². The lowest BCUT2D eigenvalue weighted by Gasteiger charge is -2.01. The molecule has 2 rings (SSSR count). The maximum atomic E-state index is 4.01. The first kappa shape index (κ1) is 14.4. The van der Waals surface area contributed by atoms with E-state index in [1.54, 1.807) is 6.20 Å². The summed E-state index contributed by atoms with van der Waals surface area (Å²) in [5.41, 5.74) is 2.66. The van der Waals surface area contributed by atoms with E-state index >= 15 is 0 Å². The molecule has 2 aromatic heterocycles. The molecule has 0 aromatic carbocycles. The molecule has 0 atom stereocenters. The molecule has 18 heavy (non-hydrogen) atoms. The van der Waals surface area contributed by atoms with E-state index in [1.165, 1.54) is 11.1 Å². The zero-order chi connectivity index (χ0) is 13.4. The highest BCUT2D eigenvalue weighted by Gasteiger charge is 1.94. The number of hydrogen-bond acceptors (Lipinski definition) is 2. The van der Waals surface area contributed by atoms with Crippen LogP contribution in [-0.4, -0.2) is 9.97 Å². The van der Waals surface area contributed by atoms with Gasteiger partial charge < -0.3 is 0 Å². The second-order valence-corrected chi connectivity index (χ2v) is 4.88. The Balaban J connectivity index is 0.000000180. The smallest absolute Gasteiger partial charge is 0.0302 e. The van der Waals surface area contributed by atoms with E-state index in [4.69, 9.17) is 0 Å². The lowest BCUT2D eigenvalue weighted by molar-refractivity contribution is 0.858. The Morgan fingerprint density at radius 1 is 0.722 bits per heavy atom.